The first-order valence-corrected chi connectivity index (χ1v) is 5.53. The third kappa shape index (κ3) is 3.25. The number of hydrogen-bond donors (Lipinski definition) is 1. The molecule has 0 aliphatic heterocycles. The number of aromatic nitrogens is 4. The van der Waals surface area contributed by atoms with Gasteiger partial charge in [-0.25, -0.2) is 4.68 Å². The molecule has 90 valence electrons. The predicted octanol–water partition coefficient (Wildman–Crippen LogP) is 0.253. The van der Waals surface area contributed by atoms with Gasteiger partial charge in [-0.1, -0.05) is 18.2 Å². The molecule has 0 fully saturated rings. The van der Waals surface area contributed by atoms with Crippen LogP contribution in [0.15, 0.2) is 30.3 Å². The monoisotopic (exact) mass is 233 g/mol. The summed E-state index contributed by atoms with van der Waals surface area (Å²) in [4.78, 5) is 0. The van der Waals surface area contributed by atoms with Crippen LogP contribution in [-0.4, -0.2) is 33.4 Å². The zero-order valence-corrected chi connectivity index (χ0v) is 9.49. The number of nitrogens with two attached hydrogens (primary N) is 1. The highest BCUT2D eigenvalue weighted by Crippen LogP contribution is 2.08. The average molecular weight is 233 g/mol. The molecule has 0 aliphatic rings. The van der Waals surface area contributed by atoms with Crippen LogP contribution >= 0.6 is 0 Å². The zero-order chi connectivity index (χ0) is 11.9. The molecule has 1 heterocycles. The van der Waals surface area contributed by atoms with Crippen molar-refractivity contribution in [1.29, 1.82) is 0 Å². The van der Waals surface area contributed by atoms with Gasteiger partial charge in [-0.3, -0.25) is 0 Å². The van der Waals surface area contributed by atoms with E-state index in [0.29, 0.717) is 26.1 Å². The number of hydrogen-bond acceptors (Lipinski definition) is 5. The van der Waals surface area contributed by atoms with Gasteiger partial charge in [0.2, 0.25) is 0 Å². The van der Waals surface area contributed by atoms with Crippen LogP contribution in [0.25, 0.3) is 0 Å². The summed E-state index contributed by atoms with van der Waals surface area (Å²) in [6.45, 7) is 1.71. The van der Waals surface area contributed by atoms with Gasteiger partial charge >= 0.3 is 0 Å². The molecule has 1 aromatic carbocycles. The van der Waals surface area contributed by atoms with E-state index >= 15 is 0 Å². The van der Waals surface area contributed by atoms with E-state index in [2.05, 4.69) is 15.5 Å². The largest absolute Gasteiger partial charge is 0.493 e. The Morgan fingerprint density at radius 1 is 1.24 bits per heavy atom. The summed E-state index contributed by atoms with van der Waals surface area (Å²) in [7, 11) is 0. The molecule has 0 aliphatic carbocycles. The van der Waals surface area contributed by atoms with Gasteiger partial charge < -0.3 is 10.5 Å². The minimum Gasteiger partial charge on any atom is -0.493 e. The molecule has 0 atom stereocenters. The topological polar surface area (TPSA) is 78.9 Å². The minimum absolute atomic E-state index is 0.525. The highest BCUT2D eigenvalue weighted by atomic mass is 16.5. The van der Waals surface area contributed by atoms with Gasteiger partial charge in [-0.05, 0) is 22.6 Å². The Bertz CT molecular complexity index is 442. The second kappa shape index (κ2) is 5.95. The van der Waals surface area contributed by atoms with Crippen LogP contribution in [-0.2, 0) is 13.0 Å². The lowest BCUT2D eigenvalue weighted by Gasteiger charge is -2.05. The highest BCUT2D eigenvalue weighted by molar-refractivity contribution is 5.20. The van der Waals surface area contributed by atoms with Gasteiger partial charge in [0, 0.05) is 13.0 Å². The van der Waals surface area contributed by atoms with Crippen LogP contribution in [0.3, 0.4) is 0 Å². The van der Waals surface area contributed by atoms with E-state index in [9.17, 15) is 0 Å². The number of ether oxygens (including phenoxy) is 1. The first kappa shape index (κ1) is 11.5. The van der Waals surface area contributed by atoms with Gasteiger partial charge in [-0.15, -0.1) is 5.10 Å². The van der Waals surface area contributed by atoms with Gasteiger partial charge in [0.25, 0.3) is 0 Å². The van der Waals surface area contributed by atoms with E-state index in [0.717, 1.165) is 11.6 Å². The van der Waals surface area contributed by atoms with E-state index in [1.54, 1.807) is 4.68 Å². The second-order valence-corrected chi connectivity index (χ2v) is 3.52. The summed E-state index contributed by atoms with van der Waals surface area (Å²) in [5.74, 6) is 1.65. The summed E-state index contributed by atoms with van der Waals surface area (Å²) in [5.41, 5.74) is 5.46. The third-order valence-corrected chi connectivity index (χ3v) is 2.28. The molecule has 2 N–H and O–H groups in total. The first-order chi connectivity index (χ1) is 8.40. The van der Waals surface area contributed by atoms with Gasteiger partial charge in [0.05, 0.1) is 13.2 Å². The van der Waals surface area contributed by atoms with Crippen LogP contribution in [0, 0.1) is 0 Å². The van der Waals surface area contributed by atoms with Crippen LogP contribution in [0.1, 0.15) is 5.82 Å². The molecule has 0 amide bonds. The number of benzene rings is 1. The smallest absolute Gasteiger partial charge is 0.154 e. The molecule has 0 radical (unpaired) electrons. The maximum atomic E-state index is 5.57. The molecule has 0 spiro atoms. The molecule has 1 aromatic heterocycles. The zero-order valence-electron chi connectivity index (χ0n) is 9.49. The standard InChI is InChI=1S/C11H15N5O/c12-7-8-16-11(13-14-15-16)6-9-17-10-4-2-1-3-5-10/h1-5H,6-9,12H2. The van der Waals surface area contributed by atoms with E-state index < -0.39 is 0 Å². The van der Waals surface area contributed by atoms with Crippen LogP contribution in [0.2, 0.25) is 0 Å². The average Bonchev–Trinajstić information content (AvgIpc) is 2.79. The summed E-state index contributed by atoms with van der Waals surface area (Å²) >= 11 is 0. The van der Waals surface area contributed by atoms with E-state index in [-0.39, 0.29) is 0 Å². The van der Waals surface area contributed by atoms with Crippen molar-refractivity contribution in [3.63, 3.8) is 0 Å². The Morgan fingerprint density at radius 3 is 2.82 bits per heavy atom. The molecule has 6 nitrogen and oxygen atoms in total. The van der Waals surface area contributed by atoms with Crippen molar-refractivity contribution in [2.24, 2.45) is 5.73 Å². The molecule has 17 heavy (non-hydrogen) atoms. The molecule has 0 unspecified atom stereocenters. The van der Waals surface area contributed by atoms with Crippen molar-refractivity contribution in [1.82, 2.24) is 20.2 Å². The Labute approximate surface area is 99.4 Å². The van der Waals surface area contributed by atoms with Crippen LogP contribution < -0.4 is 10.5 Å². The number of rotatable bonds is 6. The molecule has 6 heteroatoms. The quantitative estimate of drug-likeness (QED) is 0.774. The predicted molar refractivity (Wildman–Crippen MR) is 62.5 cm³/mol. The van der Waals surface area contributed by atoms with Crippen LogP contribution in [0.4, 0.5) is 0 Å². The maximum absolute atomic E-state index is 5.57. The van der Waals surface area contributed by atoms with Crippen molar-refractivity contribution in [2.75, 3.05) is 13.2 Å². The number of para-hydroxylation sites is 1. The van der Waals surface area contributed by atoms with Crippen molar-refractivity contribution in [2.45, 2.75) is 13.0 Å². The lowest BCUT2D eigenvalue weighted by atomic mass is 10.3. The Hall–Kier alpha value is -1.95. The Kier molecular flexibility index (Phi) is 4.04. The summed E-state index contributed by atoms with van der Waals surface area (Å²) in [6.07, 6.45) is 0.669. The van der Waals surface area contributed by atoms with E-state index in [4.69, 9.17) is 10.5 Å². The number of nitrogens with zero attached hydrogens (tertiary/aromatic N) is 4. The first-order valence-electron chi connectivity index (χ1n) is 5.53. The normalized spacial score (nSPS) is 10.4. The van der Waals surface area contributed by atoms with Gasteiger partial charge in [-0.2, -0.15) is 0 Å². The van der Waals surface area contributed by atoms with Crippen LogP contribution in [0.5, 0.6) is 5.75 Å². The number of tetrazole rings is 1. The minimum atomic E-state index is 0.525. The highest BCUT2D eigenvalue weighted by Gasteiger charge is 2.04. The van der Waals surface area contributed by atoms with Gasteiger partial charge in [0.15, 0.2) is 5.82 Å². The molecule has 2 aromatic rings. The molecule has 0 saturated heterocycles. The molecule has 0 bridgehead atoms. The molecular weight excluding hydrogens is 218 g/mol. The fourth-order valence-electron chi connectivity index (χ4n) is 1.48. The van der Waals surface area contributed by atoms with Crippen molar-refractivity contribution in [3.8, 4) is 5.75 Å². The molecule has 0 saturated carbocycles. The fraction of sp³-hybridized carbons (Fsp3) is 0.364. The van der Waals surface area contributed by atoms with E-state index in [1.165, 1.54) is 0 Å². The summed E-state index contributed by atoms with van der Waals surface area (Å²) in [6, 6.07) is 9.67. The summed E-state index contributed by atoms with van der Waals surface area (Å²) < 4.78 is 7.28. The third-order valence-electron chi connectivity index (χ3n) is 2.28. The van der Waals surface area contributed by atoms with Crippen molar-refractivity contribution >= 4 is 0 Å². The van der Waals surface area contributed by atoms with Crippen molar-refractivity contribution < 1.29 is 4.74 Å². The fourth-order valence-corrected chi connectivity index (χ4v) is 1.48. The SMILES string of the molecule is NCCn1nnnc1CCOc1ccccc1. The summed E-state index contributed by atoms with van der Waals surface area (Å²) in [5, 5.41) is 11.4. The van der Waals surface area contributed by atoms with E-state index in [1.807, 2.05) is 30.3 Å². The Balaban J connectivity index is 1.84. The lowest BCUT2D eigenvalue weighted by molar-refractivity contribution is 0.315. The molecule has 2 rings (SSSR count). The van der Waals surface area contributed by atoms with Gasteiger partial charge in [0.1, 0.15) is 5.75 Å². The second-order valence-electron chi connectivity index (χ2n) is 3.52. The lowest BCUT2D eigenvalue weighted by Crippen LogP contribution is -2.15. The molecular formula is C11H15N5O. The maximum Gasteiger partial charge on any atom is 0.154 e. The van der Waals surface area contributed by atoms with Crippen molar-refractivity contribution in [3.05, 3.63) is 36.2 Å². The Morgan fingerprint density at radius 2 is 2.06 bits per heavy atom.